The van der Waals surface area contributed by atoms with Crippen molar-refractivity contribution in [3.63, 3.8) is 0 Å². The first-order valence-corrected chi connectivity index (χ1v) is 19.8. The highest BCUT2D eigenvalue weighted by Gasteiger charge is 2.51. The van der Waals surface area contributed by atoms with E-state index in [1.165, 1.54) is 0 Å². The molecule has 0 saturated carbocycles. The minimum absolute atomic E-state index is 0.245. The van der Waals surface area contributed by atoms with Gasteiger partial charge in [-0.25, -0.2) is 0 Å². The maximum absolute atomic E-state index is 11.1. The van der Waals surface area contributed by atoms with Gasteiger partial charge < -0.3 is 9.32 Å². The van der Waals surface area contributed by atoms with Crippen LogP contribution in [0.1, 0.15) is 78.5 Å². The Labute approximate surface area is 446 Å². The number of hydrogen-bond donors (Lipinski definition) is 0. The quantitative estimate of drug-likeness (QED) is 0.165. The molecule has 0 saturated heterocycles. The fourth-order valence-electron chi connectivity index (χ4n) is 8.59. The molecule has 14 rings (SSSR count). The lowest BCUT2D eigenvalue weighted by molar-refractivity contribution is 0.673. The summed E-state index contributed by atoms with van der Waals surface area (Å²) >= 11 is 0. The Bertz CT molecular complexity index is 6180. The molecule has 0 bridgehead atoms. The molecular formula is C65H41NO. The average Bonchev–Trinajstić information content (AvgIpc) is 1.47. The van der Waals surface area contributed by atoms with Crippen molar-refractivity contribution >= 4 is 49.8 Å². The molecule has 2 aliphatic rings. The van der Waals surface area contributed by atoms with Crippen LogP contribution >= 0.6 is 0 Å². The van der Waals surface area contributed by atoms with Gasteiger partial charge in [-0.3, -0.25) is 0 Å². The van der Waals surface area contributed by atoms with Crippen molar-refractivity contribution in [3.05, 3.63) is 270 Å². The van der Waals surface area contributed by atoms with E-state index in [2.05, 4.69) is 0 Å². The van der Waals surface area contributed by atoms with E-state index < -0.39 is 381 Å². The van der Waals surface area contributed by atoms with Crippen LogP contribution in [0.3, 0.4) is 0 Å². The van der Waals surface area contributed by atoms with Crippen molar-refractivity contribution in [1.82, 2.24) is 0 Å². The van der Waals surface area contributed by atoms with E-state index in [0.29, 0.717) is 0 Å². The second kappa shape index (κ2) is 14.7. The standard InChI is InChI=1S/C65H41NO/c1-3-15-42(16-4-1)44-27-29-46(30-28-44)48-39-57-56-37-33-47-19-7-8-20-51(47)63(56)67-64(57)62(40-48)66(49-34-31-45(32-35-49)43-17-5-2-6-18-43)50-36-38-55-54-23-11-14-26-60(54)65(61(55)41-50)58-24-12-9-21-52(58)53-22-10-13-25-59(53)65/h1-41H/i1D,2D,3D,4D,5D,6D,7D,8D,9D,10D,11D,12D,13D,14D,15D,16D,17D,18D,19D,20D,21D,22D,23D,24D,25D,26D,27D,28D,29D,30D,31D,32D,33D,34D,35D,36D,37D,38D,39D,40D,41D. The second-order valence-corrected chi connectivity index (χ2v) is 14.8. The Morgan fingerprint density at radius 3 is 1.40 bits per heavy atom. The minimum atomic E-state index is -3.22. The summed E-state index contributed by atoms with van der Waals surface area (Å²) < 4.78 is 392. The molecule has 1 heterocycles. The summed E-state index contributed by atoms with van der Waals surface area (Å²) in [5, 5.41) is -3.34. The molecular weight excluding hydrogens is 811 g/mol. The third kappa shape index (κ3) is 5.57. The molecule has 12 aromatic rings. The van der Waals surface area contributed by atoms with Crippen LogP contribution in [-0.2, 0) is 5.41 Å². The molecule has 0 radical (unpaired) electrons. The Balaban J connectivity index is 1.29. The molecule has 0 amide bonds. The van der Waals surface area contributed by atoms with Crippen molar-refractivity contribution in [2.75, 3.05) is 4.90 Å². The molecule has 0 atom stereocenters. The van der Waals surface area contributed by atoms with Gasteiger partial charge in [-0.05, 0) is 126 Å². The topological polar surface area (TPSA) is 16.4 Å². The van der Waals surface area contributed by atoms with Crippen molar-refractivity contribution in [1.29, 1.82) is 0 Å². The molecule has 0 unspecified atom stereocenters. The molecule has 0 fully saturated rings. The minimum Gasteiger partial charge on any atom is -0.453 e. The van der Waals surface area contributed by atoms with Gasteiger partial charge in [-0.15, -0.1) is 0 Å². The van der Waals surface area contributed by atoms with Crippen molar-refractivity contribution in [2.24, 2.45) is 0 Å². The third-order valence-corrected chi connectivity index (χ3v) is 11.4. The van der Waals surface area contributed by atoms with Crippen LogP contribution in [0.2, 0.25) is 0 Å². The van der Waals surface area contributed by atoms with E-state index in [9.17, 15) is 34.3 Å². The predicted molar refractivity (Wildman–Crippen MR) is 279 cm³/mol. The van der Waals surface area contributed by atoms with E-state index in [1.807, 2.05) is 0 Å². The Morgan fingerprint density at radius 1 is 0.313 bits per heavy atom. The summed E-state index contributed by atoms with van der Waals surface area (Å²) in [5.74, 6) is 0. The summed E-state index contributed by atoms with van der Waals surface area (Å²) in [4.78, 5) is 0.245. The van der Waals surface area contributed by atoms with Gasteiger partial charge in [0.1, 0.15) is 5.58 Å². The summed E-state index contributed by atoms with van der Waals surface area (Å²) in [6.07, 6.45) is 0. The molecule has 67 heavy (non-hydrogen) atoms. The van der Waals surface area contributed by atoms with Crippen LogP contribution in [0.4, 0.5) is 17.1 Å². The van der Waals surface area contributed by atoms with Crippen molar-refractivity contribution in [2.45, 2.75) is 5.41 Å². The Hall–Kier alpha value is -8.72. The zero-order valence-corrected chi connectivity index (χ0v) is 33.4. The summed E-state index contributed by atoms with van der Waals surface area (Å²) in [6, 6.07) is -47.8. The fourth-order valence-corrected chi connectivity index (χ4v) is 8.59. The Morgan fingerprint density at radius 2 is 0.791 bits per heavy atom. The molecule has 0 aliphatic heterocycles. The molecule has 1 aromatic heterocycles. The van der Waals surface area contributed by atoms with Crippen molar-refractivity contribution in [3.8, 4) is 55.6 Å². The molecule has 2 nitrogen and oxygen atoms in total. The SMILES string of the molecule is [2H]c1c([2H])c([2H])c(-c2c([2H])c([2H])c(-c3c([2H])c(N(c4c([2H])c([2H])c(-c5c([2H])c([2H])c([2H])c([2H])c5[2H])c([2H])c4[2H])c4c([2H])c([2H])c5c(c4[2H])C4(c6c([2H])c([2H])c([2H])c([2H])c6-c6c([2H])c([2H])c([2H])c([2H])c64)c4c([2H])c([2H])c([2H])c([2H])c4-5)c4oc5c6c([2H])c([2H])c([2H])c([2H])c6c([2H])c([2H])c5c4c3[2H])c([2H])c2[2H])c([2H])c1[2H]. The largest absolute Gasteiger partial charge is 0.453 e. The molecule has 1 spiro atoms. The molecule has 312 valence electrons. The first-order chi connectivity index (χ1) is 50.3. The third-order valence-electron chi connectivity index (χ3n) is 11.4. The number of benzene rings is 11. The number of anilines is 3. The highest BCUT2D eigenvalue weighted by Crippen LogP contribution is 2.63. The Kier molecular flexibility index (Phi) is 3.32. The lowest BCUT2D eigenvalue weighted by Crippen LogP contribution is -2.26. The van der Waals surface area contributed by atoms with Gasteiger partial charge >= 0.3 is 0 Å². The van der Waals surface area contributed by atoms with Crippen LogP contribution in [0.15, 0.2) is 252 Å². The van der Waals surface area contributed by atoms with Gasteiger partial charge in [0.2, 0.25) is 0 Å². The van der Waals surface area contributed by atoms with E-state index in [4.69, 9.17) is 26.3 Å². The molecule has 2 heteroatoms. The number of fused-ring (bicyclic) bond motifs is 15. The number of nitrogens with zero attached hydrogens (tertiary/aromatic N) is 1. The predicted octanol–water partition coefficient (Wildman–Crippen LogP) is 17.6. The monoisotopic (exact) mass is 893 g/mol. The van der Waals surface area contributed by atoms with E-state index in [1.54, 1.807) is 0 Å². The lowest BCUT2D eigenvalue weighted by Gasteiger charge is -2.32. The van der Waals surface area contributed by atoms with Crippen LogP contribution in [0.5, 0.6) is 0 Å². The highest BCUT2D eigenvalue weighted by molar-refractivity contribution is 6.18. The first kappa shape index (κ1) is 15.2. The summed E-state index contributed by atoms with van der Waals surface area (Å²) in [7, 11) is 0. The number of furan rings is 1. The van der Waals surface area contributed by atoms with E-state index >= 15 is 0 Å². The highest BCUT2D eigenvalue weighted by atomic mass is 16.3. The van der Waals surface area contributed by atoms with E-state index in [0.717, 1.165) is 0 Å². The molecule has 11 aromatic carbocycles. The zero-order valence-electron chi connectivity index (χ0n) is 74.4. The van der Waals surface area contributed by atoms with Crippen LogP contribution < -0.4 is 4.90 Å². The molecule has 0 N–H and O–H groups in total. The summed E-state index contributed by atoms with van der Waals surface area (Å²) in [5.41, 5.74) is -22.8. The van der Waals surface area contributed by atoms with Gasteiger partial charge in [0.05, 0.1) is 67.3 Å². The van der Waals surface area contributed by atoms with Crippen LogP contribution in [-0.4, -0.2) is 0 Å². The van der Waals surface area contributed by atoms with E-state index in [-0.39, 0.29) is 4.90 Å². The van der Waals surface area contributed by atoms with Gasteiger partial charge in [0.25, 0.3) is 0 Å². The van der Waals surface area contributed by atoms with Crippen molar-refractivity contribution < 1.29 is 60.6 Å². The smallest absolute Gasteiger partial charge is 0.159 e. The first-order valence-electron chi connectivity index (χ1n) is 40.3. The summed E-state index contributed by atoms with van der Waals surface area (Å²) in [6.45, 7) is 0. The zero-order chi connectivity index (χ0) is 79.7. The number of rotatable bonds is 6. The second-order valence-electron chi connectivity index (χ2n) is 14.8. The fraction of sp³-hybridized carbons (Fsp3) is 0.0154. The average molecular weight is 893 g/mol. The molecule has 2 aliphatic carbocycles. The van der Waals surface area contributed by atoms with Gasteiger partial charge in [0, 0.05) is 27.5 Å². The number of hydrogen-bond acceptors (Lipinski definition) is 2. The maximum Gasteiger partial charge on any atom is 0.159 e. The van der Waals surface area contributed by atoms with Gasteiger partial charge in [0.15, 0.2) is 5.58 Å². The van der Waals surface area contributed by atoms with Crippen LogP contribution in [0, 0.1) is 0 Å². The maximum atomic E-state index is 11.1. The normalized spacial score (nSPS) is 21.5. The lowest BCUT2D eigenvalue weighted by atomic mass is 9.70. The van der Waals surface area contributed by atoms with Gasteiger partial charge in [-0.2, -0.15) is 0 Å². The van der Waals surface area contributed by atoms with Crippen LogP contribution in [0.25, 0.3) is 88.3 Å². The van der Waals surface area contributed by atoms with Gasteiger partial charge in [-0.1, -0.05) is 205 Å².